The molecule has 0 amide bonds. The smallest absolute Gasteiger partial charge is 0.248 e. The Hall–Kier alpha value is -1.14. The molecule has 14 heavy (non-hydrogen) atoms. The van der Waals surface area contributed by atoms with E-state index in [4.69, 9.17) is 10.5 Å². The number of anilines is 1. The maximum absolute atomic E-state index is 8.36. The van der Waals surface area contributed by atoms with Crippen LogP contribution in [0.15, 0.2) is 24.3 Å². The highest BCUT2D eigenvalue weighted by molar-refractivity contribution is 5.46. The van der Waals surface area contributed by atoms with Crippen LogP contribution in [0.25, 0.3) is 0 Å². The van der Waals surface area contributed by atoms with Crippen LogP contribution in [0, 0.1) is 0 Å². The van der Waals surface area contributed by atoms with Crippen LogP contribution in [0.1, 0.15) is 11.9 Å². The predicted octanol–water partition coefficient (Wildman–Crippen LogP) is 1.73. The van der Waals surface area contributed by atoms with Gasteiger partial charge in [-0.05, 0) is 12.1 Å². The molecule has 0 aliphatic rings. The third-order valence-electron chi connectivity index (χ3n) is 1.87. The lowest BCUT2D eigenvalue weighted by Crippen LogP contribution is -2.09. The van der Waals surface area contributed by atoms with E-state index in [1.54, 1.807) is 12.1 Å². The zero-order valence-corrected chi connectivity index (χ0v) is 8.04. The van der Waals surface area contributed by atoms with E-state index in [1.165, 1.54) is 0 Å². The van der Waals surface area contributed by atoms with Gasteiger partial charge in [0, 0.05) is 25.3 Å². The Bertz CT molecular complexity index is 269. The van der Waals surface area contributed by atoms with Crippen LogP contribution in [0.4, 0.5) is 5.69 Å². The van der Waals surface area contributed by atoms with Gasteiger partial charge in [0.2, 0.25) is 6.29 Å². The zero-order valence-electron chi connectivity index (χ0n) is 8.04. The molecule has 0 aromatic heterocycles. The van der Waals surface area contributed by atoms with Gasteiger partial charge in [-0.1, -0.05) is 12.1 Å². The standard InChI is InChI=1S/C9H13NO4/c1-10(2)8-5-3-7(4-6-8)9(13-11)14-12/h3-6,9,11-12H,1-2H3. The molecule has 2 N–H and O–H groups in total. The quantitative estimate of drug-likeness (QED) is 0.439. The molecule has 1 rings (SSSR count). The summed E-state index contributed by atoms with van der Waals surface area (Å²) in [6.07, 6.45) is -1.16. The molecule has 0 aliphatic heterocycles. The van der Waals surface area contributed by atoms with Crippen LogP contribution in [-0.4, -0.2) is 24.6 Å². The van der Waals surface area contributed by atoms with E-state index in [9.17, 15) is 0 Å². The maximum atomic E-state index is 8.36. The highest BCUT2D eigenvalue weighted by Crippen LogP contribution is 2.20. The summed E-state index contributed by atoms with van der Waals surface area (Å²) in [7, 11) is 3.83. The monoisotopic (exact) mass is 199 g/mol. The second-order valence-electron chi connectivity index (χ2n) is 3.03. The van der Waals surface area contributed by atoms with Gasteiger partial charge in [0.15, 0.2) is 0 Å². The second-order valence-corrected chi connectivity index (χ2v) is 3.03. The first-order chi connectivity index (χ1) is 6.69. The molecule has 0 heterocycles. The lowest BCUT2D eigenvalue weighted by molar-refractivity contribution is -0.437. The van der Waals surface area contributed by atoms with Crippen LogP contribution in [0.2, 0.25) is 0 Å². The van der Waals surface area contributed by atoms with Gasteiger partial charge in [-0.25, -0.2) is 10.5 Å². The van der Waals surface area contributed by atoms with E-state index in [0.717, 1.165) is 5.69 Å². The largest absolute Gasteiger partial charge is 0.378 e. The Morgan fingerprint density at radius 1 is 1.07 bits per heavy atom. The maximum Gasteiger partial charge on any atom is 0.248 e. The topological polar surface area (TPSA) is 62.2 Å². The van der Waals surface area contributed by atoms with Gasteiger partial charge in [0.25, 0.3) is 0 Å². The van der Waals surface area contributed by atoms with Crippen molar-refractivity contribution in [2.75, 3.05) is 19.0 Å². The van der Waals surface area contributed by atoms with Crippen molar-refractivity contribution in [2.24, 2.45) is 0 Å². The lowest BCUT2D eigenvalue weighted by Gasteiger charge is -2.14. The summed E-state index contributed by atoms with van der Waals surface area (Å²) in [6.45, 7) is 0. The fraction of sp³-hybridized carbons (Fsp3) is 0.333. The van der Waals surface area contributed by atoms with Crippen molar-refractivity contribution in [2.45, 2.75) is 6.29 Å². The van der Waals surface area contributed by atoms with Crippen LogP contribution in [-0.2, 0) is 9.78 Å². The van der Waals surface area contributed by atoms with Gasteiger partial charge in [-0.15, -0.1) is 0 Å². The molecule has 5 nitrogen and oxygen atoms in total. The second kappa shape index (κ2) is 4.92. The molecule has 0 aliphatic carbocycles. The van der Waals surface area contributed by atoms with E-state index >= 15 is 0 Å². The van der Waals surface area contributed by atoms with Crippen molar-refractivity contribution in [3.8, 4) is 0 Å². The Labute approximate surface area is 82.0 Å². The highest BCUT2D eigenvalue weighted by Gasteiger charge is 2.11. The third kappa shape index (κ3) is 2.43. The van der Waals surface area contributed by atoms with Crippen LogP contribution >= 0.6 is 0 Å². The number of hydrogen-bond donors (Lipinski definition) is 2. The van der Waals surface area contributed by atoms with Crippen molar-refractivity contribution in [3.05, 3.63) is 29.8 Å². The van der Waals surface area contributed by atoms with Crippen molar-refractivity contribution < 1.29 is 20.3 Å². The summed E-state index contributed by atoms with van der Waals surface area (Å²) in [6, 6.07) is 7.01. The predicted molar refractivity (Wildman–Crippen MR) is 50.9 cm³/mol. The molecule has 78 valence electrons. The molecule has 0 fully saturated rings. The molecule has 1 aromatic carbocycles. The molecule has 0 saturated heterocycles. The minimum atomic E-state index is -1.16. The third-order valence-corrected chi connectivity index (χ3v) is 1.87. The first-order valence-corrected chi connectivity index (χ1v) is 4.06. The highest BCUT2D eigenvalue weighted by atomic mass is 17.2. The van der Waals surface area contributed by atoms with Gasteiger partial charge in [-0.3, -0.25) is 0 Å². The van der Waals surface area contributed by atoms with E-state index in [1.807, 2.05) is 31.1 Å². The first-order valence-electron chi connectivity index (χ1n) is 4.06. The van der Waals surface area contributed by atoms with E-state index in [0.29, 0.717) is 5.56 Å². The van der Waals surface area contributed by atoms with Crippen LogP contribution in [0.5, 0.6) is 0 Å². The van der Waals surface area contributed by atoms with E-state index < -0.39 is 6.29 Å². The van der Waals surface area contributed by atoms with E-state index in [-0.39, 0.29) is 0 Å². The van der Waals surface area contributed by atoms with Crippen LogP contribution < -0.4 is 4.90 Å². The summed E-state index contributed by atoms with van der Waals surface area (Å²) in [5.41, 5.74) is 1.53. The average Bonchev–Trinajstić information content (AvgIpc) is 2.20. The number of nitrogens with zero attached hydrogens (tertiary/aromatic N) is 1. The minimum absolute atomic E-state index is 0.528. The van der Waals surface area contributed by atoms with Gasteiger partial charge in [-0.2, -0.15) is 9.78 Å². The summed E-state index contributed by atoms with van der Waals surface area (Å²) >= 11 is 0. The van der Waals surface area contributed by atoms with Crippen LogP contribution in [0.3, 0.4) is 0 Å². The molecule has 0 radical (unpaired) electrons. The molecule has 0 bridgehead atoms. The summed E-state index contributed by atoms with van der Waals surface area (Å²) < 4.78 is 0. The zero-order chi connectivity index (χ0) is 10.6. The van der Waals surface area contributed by atoms with Crippen molar-refractivity contribution in [1.29, 1.82) is 0 Å². The first kappa shape index (κ1) is 10.9. The number of benzene rings is 1. The summed E-state index contributed by atoms with van der Waals surface area (Å²) in [4.78, 5) is 9.73. The Morgan fingerprint density at radius 3 is 1.93 bits per heavy atom. The van der Waals surface area contributed by atoms with Gasteiger partial charge >= 0.3 is 0 Å². The van der Waals surface area contributed by atoms with Crippen molar-refractivity contribution in [1.82, 2.24) is 0 Å². The van der Waals surface area contributed by atoms with Crippen molar-refractivity contribution >= 4 is 5.69 Å². The molecule has 0 saturated carbocycles. The van der Waals surface area contributed by atoms with Crippen molar-refractivity contribution in [3.63, 3.8) is 0 Å². The average molecular weight is 199 g/mol. The number of rotatable bonds is 4. The molecule has 0 atom stereocenters. The molecule has 0 unspecified atom stereocenters. The molecular weight excluding hydrogens is 186 g/mol. The summed E-state index contributed by atoms with van der Waals surface area (Å²) in [5, 5.41) is 16.7. The fourth-order valence-electron chi connectivity index (χ4n) is 1.07. The van der Waals surface area contributed by atoms with Gasteiger partial charge in [0.1, 0.15) is 0 Å². The lowest BCUT2D eigenvalue weighted by atomic mass is 10.2. The number of hydrogen-bond acceptors (Lipinski definition) is 5. The fourth-order valence-corrected chi connectivity index (χ4v) is 1.07. The Kier molecular flexibility index (Phi) is 3.84. The Balaban J connectivity index is 2.81. The molecule has 0 spiro atoms. The molecule has 1 aromatic rings. The van der Waals surface area contributed by atoms with Gasteiger partial charge in [0.05, 0.1) is 0 Å². The SMILES string of the molecule is CN(C)c1ccc(C(OO)OO)cc1. The van der Waals surface area contributed by atoms with E-state index in [2.05, 4.69) is 9.78 Å². The molecular formula is C9H13NO4. The summed E-state index contributed by atoms with van der Waals surface area (Å²) in [5.74, 6) is 0. The normalized spacial score (nSPS) is 10.6. The van der Waals surface area contributed by atoms with Gasteiger partial charge < -0.3 is 4.90 Å². The Morgan fingerprint density at radius 2 is 1.57 bits per heavy atom. The molecule has 5 heteroatoms. The minimum Gasteiger partial charge on any atom is -0.378 e.